The molecule has 0 saturated heterocycles. The molecule has 0 aliphatic heterocycles. The molecule has 1 N–H and O–H groups in total. The number of halogens is 2. The molecular weight excluding hydrogens is 407 g/mol. The van der Waals surface area contributed by atoms with Gasteiger partial charge in [0.2, 0.25) is 10.0 Å². The average molecular weight is 429 g/mol. The standard InChI is InChI=1S/C19H22Cl2N2O3S/c1-23(2)12-19(13-3-10-17(20)18(21)11-13)22-27(24,25)16-8-6-15(7-9-16)26-14-4-5-14/h3,6-11,14,19,22H,4-5,12H2,1-2H3. The Morgan fingerprint density at radius 3 is 2.33 bits per heavy atom. The van der Waals surface area contributed by atoms with Crippen molar-refractivity contribution in [3.63, 3.8) is 0 Å². The monoisotopic (exact) mass is 428 g/mol. The van der Waals surface area contributed by atoms with Crippen LogP contribution >= 0.6 is 23.2 Å². The number of benzene rings is 2. The Morgan fingerprint density at radius 2 is 1.78 bits per heavy atom. The lowest BCUT2D eigenvalue weighted by molar-refractivity contribution is 0.303. The Balaban J connectivity index is 1.81. The van der Waals surface area contributed by atoms with Crippen molar-refractivity contribution in [1.82, 2.24) is 9.62 Å². The molecule has 1 aliphatic rings. The van der Waals surface area contributed by atoms with Crippen LogP contribution in [0.4, 0.5) is 0 Å². The zero-order valence-corrected chi connectivity index (χ0v) is 17.5. The lowest BCUT2D eigenvalue weighted by atomic mass is 10.1. The highest BCUT2D eigenvalue weighted by Crippen LogP contribution is 2.29. The molecule has 1 aliphatic carbocycles. The van der Waals surface area contributed by atoms with Gasteiger partial charge in [-0.25, -0.2) is 13.1 Å². The molecule has 2 aromatic carbocycles. The van der Waals surface area contributed by atoms with E-state index in [-0.39, 0.29) is 11.0 Å². The van der Waals surface area contributed by atoms with E-state index in [1.165, 1.54) is 0 Å². The lowest BCUT2D eigenvalue weighted by Crippen LogP contribution is -2.35. The number of hydrogen-bond donors (Lipinski definition) is 1. The van der Waals surface area contributed by atoms with Gasteiger partial charge in [-0.2, -0.15) is 0 Å². The maximum absolute atomic E-state index is 12.9. The Kier molecular flexibility index (Phi) is 6.33. The van der Waals surface area contributed by atoms with Crippen LogP contribution in [0.3, 0.4) is 0 Å². The third-order valence-corrected chi connectivity index (χ3v) is 6.38. The number of sulfonamides is 1. The largest absolute Gasteiger partial charge is 0.490 e. The summed E-state index contributed by atoms with van der Waals surface area (Å²) in [6, 6.07) is 11.1. The molecule has 3 rings (SSSR count). The molecule has 0 heterocycles. The van der Waals surface area contributed by atoms with Gasteiger partial charge in [0.1, 0.15) is 5.75 Å². The van der Waals surface area contributed by atoms with Crippen LogP contribution in [0.15, 0.2) is 47.4 Å². The molecule has 1 fully saturated rings. The van der Waals surface area contributed by atoms with Crippen molar-refractivity contribution in [2.45, 2.75) is 29.9 Å². The Hall–Kier alpha value is -1.31. The molecule has 0 spiro atoms. The van der Waals surface area contributed by atoms with Crippen molar-refractivity contribution >= 4 is 33.2 Å². The SMILES string of the molecule is CN(C)CC(NS(=O)(=O)c1ccc(OC2CC2)cc1)c1ccc(Cl)c(Cl)c1. The molecule has 27 heavy (non-hydrogen) atoms. The number of nitrogens with one attached hydrogen (secondary N) is 1. The van der Waals surface area contributed by atoms with Crippen LogP contribution in [0.25, 0.3) is 0 Å². The lowest BCUT2D eigenvalue weighted by Gasteiger charge is -2.23. The van der Waals surface area contributed by atoms with E-state index in [0.717, 1.165) is 18.4 Å². The zero-order valence-electron chi connectivity index (χ0n) is 15.2. The molecule has 1 saturated carbocycles. The van der Waals surface area contributed by atoms with Crippen molar-refractivity contribution in [2.75, 3.05) is 20.6 Å². The van der Waals surface area contributed by atoms with Crippen molar-refractivity contribution in [2.24, 2.45) is 0 Å². The van der Waals surface area contributed by atoms with Crippen molar-refractivity contribution in [3.05, 3.63) is 58.1 Å². The van der Waals surface area contributed by atoms with E-state index in [0.29, 0.717) is 22.3 Å². The van der Waals surface area contributed by atoms with Crippen LogP contribution in [-0.4, -0.2) is 40.1 Å². The molecular formula is C19H22Cl2N2O3S. The molecule has 8 heteroatoms. The predicted octanol–water partition coefficient (Wildman–Crippen LogP) is 4.12. The van der Waals surface area contributed by atoms with Crippen LogP contribution in [0.2, 0.25) is 10.0 Å². The van der Waals surface area contributed by atoms with E-state index >= 15 is 0 Å². The van der Waals surface area contributed by atoms with Gasteiger partial charge in [0.05, 0.1) is 27.1 Å². The summed E-state index contributed by atoms with van der Waals surface area (Å²) in [5, 5.41) is 0.817. The fourth-order valence-electron chi connectivity index (χ4n) is 2.64. The molecule has 2 aromatic rings. The molecule has 0 radical (unpaired) electrons. The Morgan fingerprint density at radius 1 is 1.11 bits per heavy atom. The summed E-state index contributed by atoms with van der Waals surface area (Å²) in [6.07, 6.45) is 2.37. The maximum atomic E-state index is 12.9. The van der Waals surface area contributed by atoms with Gasteiger partial charge in [-0.15, -0.1) is 0 Å². The normalized spacial score (nSPS) is 15.7. The summed E-state index contributed by atoms with van der Waals surface area (Å²) in [7, 11) is 0.0415. The highest BCUT2D eigenvalue weighted by Gasteiger charge is 2.25. The molecule has 1 unspecified atom stereocenters. The fourth-order valence-corrected chi connectivity index (χ4v) is 4.16. The Labute approximate surface area is 170 Å². The van der Waals surface area contributed by atoms with Crippen LogP contribution < -0.4 is 9.46 Å². The van der Waals surface area contributed by atoms with Gasteiger partial charge in [0, 0.05) is 6.54 Å². The third-order valence-electron chi connectivity index (χ3n) is 4.15. The minimum absolute atomic E-state index is 0.189. The van der Waals surface area contributed by atoms with E-state index in [1.54, 1.807) is 42.5 Å². The van der Waals surface area contributed by atoms with Gasteiger partial charge in [0.15, 0.2) is 0 Å². The van der Waals surface area contributed by atoms with Gasteiger partial charge in [-0.05, 0) is 68.9 Å². The fraction of sp³-hybridized carbons (Fsp3) is 0.368. The van der Waals surface area contributed by atoms with Crippen molar-refractivity contribution in [3.8, 4) is 5.75 Å². The van der Waals surface area contributed by atoms with Gasteiger partial charge in [0.25, 0.3) is 0 Å². The highest BCUT2D eigenvalue weighted by atomic mass is 35.5. The molecule has 146 valence electrons. The quantitative estimate of drug-likeness (QED) is 0.686. The van der Waals surface area contributed by atoms with E-state index in [1.807, 2.05) is 19.0 Å². The van der Waals surface area contributed by atoms with Crippen LogP contribution in [0.1, 0.15) is 24.4 Å². The third kappa shape index (κ3) is 5.59. The van der Waals surface area contributed by atoms with E-state index < -0.39 is 16.1 Å². The van der Waals surface area contributed by atoms with Crippen molar-refractivity contribution < 1.29 is 13.2 Å². The average Bonchev–Trinajstić information content (AvgIpc) is 3.40. The summed E-state index contributed by atoms with van der Waals surface area (Å²) in [5.41, 5.74) is 0.746. The van der Waals surface area contributed by atoms with E-state index in [2.05, 4.69) is 4.72 Å². The molecule has 0 bridgehead atoms. The second-order valence-corrected chi connectivity index (χ2v) is 9.43. The van der Waals surface area contributed by atoms with E-state index in [9.17, 15) is 8.42 Å². The summed E-state index contributed by atoms with van der Waals surface area (Å²) in [4.78, 5) is 2.09. The first-order valence-corrected chi connectivity index (χ1v) is 10.9. The minimum atomic E-state index is -3.71. The summed E-state index contributed by atoms with van der Waals surface area (Å²) >= 11 is 12.1. The number of rotatable bonds is 8. The summed E-state index contributed by atoms with van der Waals surface area (Å²) in [6.45, 7) is 0.472. The first kappa shape index (κ1) is 20.4. The number of ether oxygens (including phenoxy) is 1. The summed E-state index contributed by atoms with van der Waals surface area (Å²) in [5.74, 6) is 0.686. The number of likely N-dealkylation sites (N-methyl/N-ethyl adjacent to an activating group) is 1. The smallest absolute Gasteiger partial charge is 0.241 e. The molecule has 5 nitrogen and oxygen atoms in total. The molecule has 1 atom stereocenters. The first-order valence-electron chi connectivity index (χ1n) is 8.63. The zero-order chi connectivity index (χ0) is 19.6. The minimum Gasteiger partial charge on any atom is -0.490 e. The van der Waals surface area contributed by atoms with Gasteiger partial charge < -0.3 is 9.64 Å². The van der Waals surface area contributed by atoms with Crippen molar-refractivity contribution in [1.29, 1.82) is 0 Å². The van der Waals surface area contributed by atoms with Crippen LogP contribution in [-0.2, 0) is 10.0 Å². The first-order chi connectivity index (χ1) is 12.7. The van der Waals surface area contributed by atoms with Gasteiger partial charge >= 0.3 is 0 Å². The topological polar surface area (TPSA) is 58.6 Å². The predicted molar refractivity (Wildman–Crippen MR) is 108 cm³/mol. The van der Waals surface area contributed by atoms with E-state index in [4.69, 9.17) is 27.9 Å². The Bertz CT molecular complexity index is 898. The maximum Gasteiger partial charge on any atom is 0.241 e. The molecule has 0 aromatic heterocycles. The van der Waals surface area contributed by atoms with Gasteiger partial charge in [-0.3, -0.25) is 0 Å². The number of hydrogen-bond acceptors (Lipinski definition) is 4. The molecule has 0 amide bonds. The van der Waals surface area contributed by atoms with Gasteiger partial charge in [-0.1, -0.05) is 29.3 Å². The second-order valence-electron chi connectivity index (χ2n) is 6.90. The number of nitrogens with zero attached hydrogens (tertiary/aromatic N) is 1. The van der Waals surface area contributed by atoms with Crippen LogP contribution in [0, 0.1) is 0 Å². The van der Waals surface area contributed by atoms with Crippen LogP contribution in [0.5, 0.6) is 5.75 Å². The second kappa shape index (κ2) is 8.37. The highest BCUT2D eigenvalue weighted by molar-refractivity contribution is 7.89. The summed E-state index contributed by atoms with van der Waals surface area (Å²) < 4.78 is 34.2.